The normalized spacial score (nSPS) is 11.7. The first-order valence-corrected chi connectivity index (χ1v) is 16.9. The fraction of sp³-hybridized carbons (Fsp3) is 0.350. The lowest BCUT2D eigenvalue weighted by atomic mass is 10.0. The zero-order valence-electron chi connectivity index (χ0n) is 26.1. The Balaban J connectivity index is 1.27. The Hall–Kier alpha value is -4.02. The number of unbranched alkanes of at least 4 members (excludes halogenated alkanes) is 11. The van der Waals surface area contributed by atoms with E-state index in [4.69, 9.17) is 15.7 Å². The monoisotopic (exact) mass is 582 g/mol. The zero-order valence-corrected chi connectivity index (χ0v) is 26.1. The number of anilines is 2. The second-order valence-corrected chi connectivity index (χ2v) is 12.2. The molecule has 2 aromatic heterocycles. The summed E-state index contributed by atoms with van der Waals surface area (Å²) in [6.45, 7) is 1.78. The van der Waals surface area contributed by atoms with Gasteiger partial charge in [-0.05, 0) is 43.7 Å². The molecule has 4 aromatic carbocycles. The summed E-state index contributed by atoms with van der Waals surface area (Å²) >= 11 is 0. The lowest BCUT2D eigenvalue weighted by Gasteiger charge is -2.30. The van der Waals surface area contributed by atoms with Gasteiger partial charge in [0.1, 0.15) is 0 Å². The Labute approximate surface area is 262 Å². The summed E-state index contributed by atoms with van der Waals surface area (Å²) in [5, 5.41) is 4.77. The highest BCUT2D eigenvalue weighted by Crippen LogP contribution is 2.43. The van der Waals surface area contributed by atoms with Crippen molar-refractivity contribution in [2.75, 3.05) is 18.0 Å². The maximum absolute atomic E-state index is 5.62. The van der Waals surface area contributed by atoms with Crippen molar-refractivity contribution in [3.05, 3.63) is 97.1 Å². The predicted octanol–water partition coefficient (Wildman–Crippen LogP) is 10.9. The molecule has 0 aliphatic rings. The molecule has 4 nitrogen and oxygen atoms in total. The number of nitrogens with zero attached hydrogens (tertiary/aromatic N) is 3. The lowest BCUT2D eigenvalue weighted by Crippen LogP contribution is -2.20. The van der Waals surface area contributed by atoms with E-state index in [9.17, 15) is 0 Å². The molecule has 2 N–H and O–H groups in total. The van der Waals surface area contributed by atoms with E-state index in [1.54, 1.807) is 0 Å². The van der Waals surface area contributed by atoms with Gasteiger partial charge < -0.3 is 10.6 Å². The molecule has 0 saturated heterocycles. The van der Waals surface area contributed by atoms with Gasteiger partial charge in [-0.2, -0.15) is 0 Å². The van der Waals surface area contributed by atoms with Crippen molar-refractivity contribution in [3.63, 3.8) is 0 Å². The molecule has 0 spiro atoms. The molecular formula is C40H46N4. The van der Waals surface area contributed by atoms with Crippen LogP contribution in [-0.2, 0) is 0 Å². The minimum Gasteiger partial charge on any atom is -0.339 e. The third kappa shape index (κ3) is 6.87. The van der Waals surface area contributed by atoms with Crippen LogP contribution >= 0.6 is 0 Å². The molecule has 0 aliphatic heterocycles. The van der Waals surface area contributed by atoms with Crippen molar-refractivity contribution in [2.24, 2.45) is 5.73 Å². The van der Waals surface area contributed by atoms with Crippen LogP contribution < -0.4 is 10.6 Å². The molecule has 0 radical (unpaired) electrons. The number of fused-ring (bicyclic) bond motifs is 4. The van der Waals surface area contributed by atoms with E-state index >= 15 is 0 Å². The van der Waals surface area contributed by atoms with E-state index in [0.717, 1.165) is 41.6 Å². The topological polar surface area (TPSA) is 55.0 Å². The second kappa shape index (κ2) is 15.1. The number of hydrogen-bond acceptors (Lipinski definition) is 4. The Kier molecular flexibility index (Phi) is 10.3. The molecule has 0 bridgehead atoms. The lowest BCUT2D eigenvalue weighted by molar-refractivity contribution is 0.542. The van der Waals surface area contributed by atoms with Crippen molar-refractivity contribution in [3.8, 4) is 0 Å². The minimum absolute atomic E-state index is 0.837. The largest absolute Gasteiger partial charge is 0.339 e. The minimum atomic E-state index is 0.837. The first-order valence-electron chi connectivity index (χ1n) is 16.9. The van der Waals surface area contributed by atoms with Crippen LogP contribution in [0.1, 0.15) is 77.0 Å². The van der Waals surface area contributed by atoms with Crippen LogP contribution in [-0.4, -0.2) is 23.1 Å². The predicted molar refractivity (Wildman–Crippen MR) is 190 cm³/mol. The standard InChI is InChI=1S/C40H46N4/c41-29-19-9-7-5-3-1-2-4-6-8-10-20-30-44(39-31-21-11-15-25-35(31)42-36-26-16-12-22-32(36)39)40-33-23-13-17-27-37(33)43-38-28-18-14-24-34(38)40/h11-18,21-28H,1-10,19-20,29-30,41H2. The van der Waals surface area contributed by atoms with Crippen molar-refractivity contribution in [1.82, 2.24) is 9.97 Å². The van der Waals surface area contributed by atoms with Crippen molar-refractivity contribution < 1.29 is 0 Å². The van der Waals surface area contributed by atoms with Crippen LogP contribution in [0.2, 0.25) is 0 Å². The van der Waals surface area contributed by atoms with Gasteiger partial charge in [-0.1, -0.05) is 137 Å². The van der Waals surface area contributed by atoms with E-state index < -0.39 is 0 Å². The number of nitrogens with two attached hydrogens (primary N) is 1. The van der Waals surface area contributed by atoms with Crippen molar-refractivity contribution in [1.29, 1.82) is 0 Å². The van der Waals surface area contributed by atoms with Crippen molar-refractivity contribution >= 4 is 55.0 Å². The molecule has 6 rings (SSSR count). The molecule has 0 amide bonds. The van der Waals surface area contributed by atoms with E-state index in [2.05, 4.69) is 102 Å². The number of aromatic nitrogens is 2. The van der Waals surface area contributed by atoms with Gasteiger partial charge in [0, 0.05) is 28.1 Å². The summed E-state index contributed by atoms with van der Waals surface area (Å²) in [4.78, 5) is 12.7. The van der Waals surface area contributed by atoms with Crippen LogP contribution in [0.3, 0.4) is 0 Å². The zero-order chi connectivity index (χ0) is 30.0. The molecule has 44 heavy (non-hydrogen) atoms. The van der Waals surface area contributed by atoms with E-state index in [-0.39, 0.29) is 0 Å². The molecule has 0 saturated carbocycles. The maximum Gasteiger partial charge on any atom is 0.0730 e. The van der Waals surface area contributed by atoms with Gasteiger partial charge in [0.15, 0.2) is 0 Å². The SMILES string of the molecule is NCCCCCCCCCCCCCCN(c1c2ccccc2nc2ccccc12)c1c2ccccc2nc2ccccc12. The molecule has 6 aromatic rings. The van der Waals surface area contributed by atoms with E-state index in [1.807, 2.05) is 0 Å². The Morgan fingerprint density at radius 2 is 0.682 bits per heavy atom. The number of rotatable bonds is 16. The van der Waals surface area contributed by atoms with Gasteiger partial charge in [0.05, 0.1) is 33.4 Å². The summed E-state index contributed by atoms with van der Waals surface area (Å²) < 4.78 is 0. The van der Waals surface area contributed by atoms with E-state index in [0.29, 0.717) is 0 Å². The molecule has 0 aliphatic carbocycles. The summed E-state index contributed by atoms with van der Waals surface area (Å²) in [7, 11) is 0. The van der Waals surface area contributed by atoms with Gasteiger partial charge in [0.25, 0.3) is 0 Å². The van der Waals surface area contributed by atoms with Gasteiger partial charge in [-0.3, -0.25) is 0 Å². The average Bonchev–Trinajstić information content (AvgIpc) is 3.07. The molecule has 0 fully saturated rings. The third-order valence-electron chi connectivity index (χ3n) is 8.99. The van der Waals surface area contributed by atoms with Crippen LogP contribution in [0.4, 0.5) is 11.4 Å². The molecule has 0 unspecified atom stereocenters. The highest BCUT2D eigenvalue weighted by Gasteiger charge is 2.21. The molecular weight excluding hydrogens is 536 g/mol. The average molecular weight is 583 g/mol. The Morgan fingerprint density at radius 3 is 1.02 bits per heavy atom. The Bertz CT molecular complexity index is 1580. The third-order valence-corrected chi connectivity index (χ3v) is 8.99. The number of hydrogen-bond donors (Lipinski definition) is 1. The van der Waals surface area contributed by atoms with Crippen LogP contribution in [0, 0.1) is 0 Å². The smallest absolute Gasteiger partial charge is 0.0730 e. The number of para-hydroxylation sites is 4. The quantitative estimate of drug-likeness (QED) is 0.0911. The van der Waals surface area contributed by atoms with Gasteiger partial charge in [-0.15, -0.1) is 0 Å². The molecule has 226 valence electrons. The highest BCUT2D eigenvalue weighted by atomic mass is 15.1. The van der Waals surface area contributed by atoms with Gasteiger partial charge in [0.2, 0.25) is 0 Å². The van der Waals surface area contributed by atoms with E-state index in [1.165, 1.54) is 104 Å². The summed E-state index contributed by atoms with van der Waals surface area (Å²) in [5.41, 5.74) is 12.3. The first kappa shape index (κ1) is 30.0. The summed E-state index contributed by atoms with van der Waals surface area (Å²) in [6.07, 6.45) is 15.7. The summed E-state index contributed by atoms with van der Waals surface area (Å²) in [5.74, 6) is 0. The van der Waals surface area contributed by atoms with Gasteiger partial charge >= 0.3 is 0 Å². The summed E-state index contributed by atoms with van der Waals surface area (Å²) in [6, 6.07) is 34.5. The van der Waals surface area contributed by atoms with Crippen LogP contribution in [0.5, 0.6) is 0 Å². The van der Waals surface area contributed by atoms with Crippen LogP contribution in [0.25, 0.3) is 43.6 Å². The first-order chi connectivity index (χ1) is 21.8. The molecule has 2 heterocycles. The molecule has 4 heteroatoms. The second-order valence-electron chi connectivity index (χ2n) is 12.2. The van der Waals surface area contributed by atoms with Gasteiger partial charge in [-0.25, -0.2) is 9.97 Å². The molecule has 0 atom stereocenters. The maximum atomic E-state index is 5.62. The fourth-order valence-electron chi connectivity index (χ4n) is 6.73. The highest BCUT2D eigenvalue weighted by molar-refractivity contribution is 6.15. The number of pyridine rings is 2. The Morgan fingerprint density at radius 1 is 0.386 bits per heavy atom. The fourth-order valence-corrected chi connectivity index (χ4v) is 6.73. The van der Waals surface area contributed by atoms with Crippen molar-refractivity contribution in [2.45, 2.75) is 77.0 Å². The number of benzene rings is 4. The van der Waals surface area contributed by atoms with Crippen LogP contribution in [0.15, 0.2) is 97.1 Å².